The van der Waals surface area contributed by atoms with Gasteiger partial charge in [-0.3, -0.25) is 0 Å². The Hall–Kier alpha value is -6.32. The number of benzene rings is 6. The van der Waals surface area contributed by atoms with Crippen molar-refractivity contribution in [1.29, 1.82) is 0 Å². The second-order valence-corrected chi connectivity index (χ2v) is 14.0. The van der Waals surface area contributed by atoms with Gasteiger partial charge in [-0.2, -0.15) is 0 Å². The minimum Gasteiger partial charge on any atom is -0.485 e. The van der Waals surface area contributed by atoms with Gasteiger partial charge in [0.05, 0.1) is 22.2 Å². The van der Waals surface area contributed by atoms with Gasteiger partial charge in [0.1, 0.15) is 11.9 Å². The van der Waals surface area contributed by atoms with Crippen molar-refractivity contribution in [3.8, 4) is 22.5 Å². The summed E-state index contributed by atoms with van der Waals surface area (Å²) in [6.07, 6.45) is 8.81. The molecule has 11 rings (SSSR count). The number of hydrogen-bond acceptors (Lipinski definition) is 1. The topological polar surface area (TPSA) is 19.1 Å². The van der Waals surface area contributed by atoms with Gasteiger partial charge in [0.15, 0.2) is 0 Å². The van der Waals surface area contributed by atoms with Crippen molar-refractivity contribution >= 4 is 38.8 Å². The quantitative estimate of drug-likeness (QED) is 0.185. The molecule has 6 aromatic carbocycles. The Bertz CT molecular complexity index is 2760. The van der Waals surface area contributed by atoms with E-state index in [9.17, 15) is 0 Å². The molecular formula is C48H34N2O. The molecule has 0 spiro atoms. The summed E-state index contributed by atoms with van der Waals surface area (Å²) in [5, 5.41) is 3.83. The van der Waals surface area contributed by atoms with Crippen molar-refractivity contribution < 1.29 is 4.74 Å². The lowest BCUT2D eigenvalue weighted by Crippen LogP contribution is -2.18. The van der Waals surface area contributed by atoms with Crippen molar-refractivity contribution in [1.82, 2.24) is 9.13 Å². The molecule has 0 bridgehead atoms. The molecule has 2 aromatic heterocycles. The zero-order valence-corrected chi connectivity index (χ0v) is 28.0. The van der Waals surface area contributed by atoms with E-state index in [1.807, 2.05) is 0 Å². The summed E-state index contributed by atoms with van der Waals surface area (Å²) >= 11 is 0. The van der Waals surface area contributed by atoms with Crippen LogP contribution in [0.5, 0.6) is 0 Å². The molecule has 242 valence electrons. The van der Waals surface area contributed by atoms with Crippen LogP contribution in [0.25, 0.3) is 61.3 Å². The number of para-hydroxylation sites is 2. The predicted molar refractivity (Wildman–Crippen MR) is 210 cm³/mol. The van der Waals surface area contributed by atoms with Crippen LogP contribution in [0.15, 0.2) is 181 Å². The van der Waals surface area contributed by atoms with Crippen molar-refractivity contribution in [2.45, 2.75) is 24.9 Å². The smallest absolute Gasteiger partial charge is 0.128 e. The Kier molecular flexibility index (Phi) is 6.20. The fourth-order valence-corrected chi connectivity index (χ4v) is 8.86. The first-order valence-corrected chi connectivity index (χ1v) is 18.0. The molecule has 0 N–H and O–H groups in total. The first-order valence-electron chi connectivity index (χ1n) is 18.0. The van der Waals surface area contributed by atoms with Crippen LogP contribution in [-0.2, 0) is 11.2 Å². The normalized spacial score (nSPS) is 17.8. The van der Waals surface area contributed by atoms with Gasteiger partial charge in [0.2, 0.25) is 0 Å². The predicted octanol–water partition coefficient (Wildman–Crippen LogP) is 11.7. The van der Waals surface area contributed by atoms with Gasteiger partial charge in [-0.05, 0) is 83.3 Å². The number of ether oxygens (including phenoxy) is 1. The lowest BCUT2D eigenvalue weighted by atomic mass is 9.82. The van der Waals surface area contributed by atoms with Crippen LogP contribution in [0.1, 0.15) is 29.2 Å². The van der Waals surface area contributed by atoms with Gasteiger partial charge in [0.25, 0.3) is 0 Å². The number of hydrogen-bond donors (Lipinski definition) is 0. The molecule has 1 aliphatic heterocycles. The minimum atomic E-state index is 0.0225. The van der Waals surface area contributed by atoms with E-state index in [-0.39, 0.29) is 6.10 Å². The average Bonchev–Trinajstić information content (AvgIpc) is 3.83. The molecule has 2 unspecified atom stereocenters. The third-order valence-corrected chi connectivity index (χ3v) is 11.2. The van der Waals surface area contributed by atoms with Crippen LogP contribution >= 0.6 is 0 Å². The fraction of sp³-hybridized carbons (Fsp3) is 0.0833. The highest BCUT2D eigenvalue weighted by atomic mass is 16.5. The van der Waals surface area contributed by atoms with E-state index in [0.29, 0.717) is 5.92 Å². The molecule has 8 aromatic rings. The van der Waals surface area contributed by atoms with E-state index in [1.54, 1.807) is 0 Å². The van der Waals surface area contributed by atoms with Crippen molar-refractivity contribution in [3.05, 3.63) is 198 Å². The molecule has 51 heavy (non-hydrogen) atoms. The summed E-state index contributed by atoms with van der Waals surface area (Å²) in [6, 6.07) is 55.1. The van der Waals surface area contributed by atoms with Gasteiger partial charge in [0, 0.05) is 51.0 Å². The number of allylic oxidation sites excluding steroid dienone is 2. The molecule has 2 aliphatic carbocycles. The van der Waals surface area contributed by atoms with Crippen molar-refractivity contribution in [3.63, 3.8) is 0 Å². The standard InChI is InChI=1S/C48H34N2O/c1-4-13-31(14-5-1)33-17-12-20-36(25-33)50-43-22-11-10-21-37(43)38-27-39-40-29-48-42(41-26-34(23-24-47(41)51-48)32-15-6-2-7-16-32)28-44(40)49(46(39)30-45(38)50)35-18-8-3-9-19-35/h1-25,27-28,30,34,48H,26,29H2. The van der Waals surface area contributed by atoms with Crippen molar-refractivity contribution in [2.75, 3.05) is 0 Å². The molecule has 2 atom stereocenters. The largest absolute Gasteiger partial charge is 0.485 e. The van der Waals surface area contributed by atoms with Crippen LogP contribution in [-0.4, -0.2) is 15.2 Å². The van der Waals surface area contributed by atoms with Gasteiger partial charge in [-0.15, -0.1) is 0 Å². The second-order valence-electron chi connectivity index (χ2n) is 14.0. The molecule has 3 nitrogen and oxygen atoms in total. The monoisotopic (exact) mass is 654 g/mol. The number of aromatic nitrogens is 2. The molecule has 3 heteroatoms. The highest BCUT2D eigenvalue weighted by Gasteiger charge is 2.38. The Morgan fingerprint density at radius 2 is 1.24 bits per heavy atom. The Balaban J connectivity index is 1.14. The van der Waals surface area contributed by atoms with Gasteiger partial charge >= 0.3 is 0 Å². The number of rotatable bonds is 4. The summed E-state index contributed by atoms with van der Waals surface area (Å²) in [4.78, 5) is 0. The van der Waals surface area contributed by atoms with E-state index in [0.717, 1.165) is 24.3 Å². The molecule has 0 saturated carbocycles. The molecular weight excluding hydrogens is 621 g/mol. The maximum absolute atomic E-state index is 6.75. The highest BCUT2D eigenvalue weighted by molar-refractivity contribution is 6.14. The third kappa shape index (κ3) is 4.38. The average molecular weight is 655 g/mol. The zero-order valence-electron chi connectivity index (χ0n) is 28.0. The lowest BCUT2D eigenvalue weighted by molar-refractivity contribution is 0.176. The molecule has 0 amide bonds. The van der Waals surface area contributed by atoms with E-state index < -0.39 is 0 Å². The third-order valence-electron chi connectivity index (χ3n) is 11.2. The highest BCUT2D eigenvalue weighted by Crippen LogP contribution is 2.48. The van der Waals surface area contributed by atoms with Crippen LogP contribution in [0.3, 0.4) is 0 Å². The SMILES string of the molecule is C1=CC(c2ccccc2)CC2=C1OC1Cc3c(n(-c4ccccc4)c4cc5c(cc34)c3ccccc3n5-c3cccc(-c4ccccc4)c3)C=C21. The first-order chi connectivity index (χ1) is 25.3. The van der Waals surface area contributed by atoms with E-state index in [4.69, 9.17) is 4.74 Å². The Labute approximate surface area is 296 Å². The first kappa shape index (κ1) is 28.5. The van der Waals surface area contributed by atoms with E-state index in [1.165, 1.54) is 77.5 Å². The summed E-state index contributed by atoms with van der Waals surface area (Å²) in [6.45, 7) is 0. The van der Waals surface area contributed by atoms with Gasteiger partial charge < -0.3 is 13.9 Å². The van der Waals surface area contributed by atoms with Crippen LogP contribution in [0.4, 0.5) is 0 Å². The summed E-state index contributed by atoms with van der Waals surface area (Å²) < 4.78 is 11.7. The number of fused-ring (bicyclic) bond motifs is 8. The second kappa shape index (κ2) is 11.1. The molecule has 3 heterocycles. The van der Waals surface area contributed by atoms with Crippen molar-refractivity contribution in [2.24, 2.45) is 0 Å². The minimum absolute atomic E-state index is 0.0225. The number of nitrogens with zero attached hydrogens (tertiary/aromatic N) is 2. The lowest BCUT2D eigenvalue weighted by Gasteiger charge is -2.22. The zero-order chi connectivity index (χ0) is 33.5. The summed E-state index contributed by atoms with van der Waals surface area (Å²) in [5.74, 6) is 1.39. The maximum atomic E-state index is 6.75. The van der Waals surface area contributed by atoms with Crippen LogP contribution in [0.2, 0.25) is 0 Å². The van der Waals surface area contributed by atoms with Gasteiger partial charge in [-0.25, -0.2) is 0 Å². The molecule has 0 radical (unpaired) electrons. The molecule has 0 saturated heterocycles. The molecule has 3 aliphatic rings. The fourth-order valence-electron chi connectivity index (χ4n) is 8.86. The van der Waals surface area contributed by atoms with E-state index in [2.05, 4.69) is 179 Å². The van der Waals surface area contributed by atoms with Crippen LogP contribution < -0.4 is 0 Å². The summed E-state index contributed by atoms with van der Waals surface area (Å²) in [7, 11) is 0. The van der Waals surface area contributed by atoms with E-state index >= 15 is 0 Å². The maximum Gasteiger partial charge on any atom is 0.128 e. The Morgan fingerprint density at radius 1 is 0.529 bits per heavy atom. The van der Waals surface area contributed by atoms with Crippen LogP contribution in [0, 0.1) is 0 Å². The molecule has 0 fully saturated rings. The summed E-state index contributed by atoms with van der Waals surface area (Å²) in [5.41, 5.74) is 15.1. The van der Waals surface area contributed by atoms with Gasteiger partial charge in [-0.1, -0.05) is 115 Å². The Morgan fingerprint density at radius 3 is 2.08 bits per heavy atom.